The zero-order chi connectivity index (χ0) is 19.8. The Morgan fingerprint density at radius 2 is 2.11 bits per heavy atom. The van der Waals surface area contributed by atoms with Crippen molar-refractivity contribution in [2.24, 2.45) is 0 Å². The van der Waals surface area contributed by atoms with E-state index >= 15 is 0 Å². The molecule has 0 bridgehead atoms. The van der Waals surface area contributed by atoms with Crippen molar-refractivity contribution >= 4 is 46.0 Å². The van der Waals surface area contributed by atoms with E-state index in [0.717, 1.165) is 0 Å². The molecule has 1 aromatic heterocycles. The van der Waals surface area contributed by atoms with Crippen molar-refractivity contribution < 1.29 is 23.6 Å². The number of amides is 1. The Hall–Kier alpha value is -2.78. The molecule has 0 aliphatic heterocycles. The minimum atomic E-state index is -0.676. The lowest BCUT2D eigenvalue weighted by Gasteiger charge is -2.12. The summed E-state index contributed by atoms with van der Waals surface area (Å²) in [5.74, 6) is -1.71. The molecule has 10 heteroatoms. The van der Waals surface area contributed by atoms with E-state index < -0.39 is 17.7 Å². The molecule has 1 amide bonds. The highest BCUT2D eigenvalue weighted by Crippen LogP contribution is 2.23. The van der Waals surface area contributed by atoms with Crippen LogP contribution in [0.2, 0.25) is 0 Å². The molecular weight excluding hydrogens is 470 g/mol. The number of esters is 1. The van der Waals surface area contributed by atoms with Crippen LogP contribution in [0.1, 0.15) is 22.5 Å². The molecule has 2 rings (SSSR count). The molecule has 1 aromatic carbocycles. The number of rotatable bonds is 7. The summed E-state index contributed by atoms with van der Waals surface area (Å²) in [5, 5.41) is 11.7. The first-order valence-corrected chi connectivity index (χ1v) is 8.64. The molecule has 0 saturated carbocycles. The number of hydrogen-bond donors (Lipinski definition) is 2. The number of halogens is 2. The van der Waals surface area contributed by atoms with E-state index in [1.807, 2.05) is 28.7 Å². The minimum absolute atomic E-state index is 0.0109. The second-order valence-corrected chi connectivity index (χ2v) is 6.31. The molecule has 2 aromatic rings. The van der Waals surface area contributed by atoms with E-state index in [1.165, 1.54) is 31.4 Å². The van der Waals surface area contributed by atoms with Gasteiger partial charge in [-0.1, -0.05) is 0 Å². The number of nitriles is 1. The van der Waals surface area contributed by atoms with Gasteiger partial charge in [0.15, 0.2) is 0 Å². The van der Waals surface area contributed by atoms with Crippen LogP contribution in [0.3, 0.4) is 0 Å². The van der Waals surface area contributed by atoms with Crippen LogP contribution in [0.25, 0.3) is 0 Å². The van der Waals surface area contributed by atoms with Gasteiger partial charge < -0.3 is 10.1 Å². The summed E-state index contributed by atoms with van der Waals surface area (Å²) in [6.07, 6.45) is -0.0403. The lowest BCUT2D eigenvalue weighted by molar-refractivity contribution is -0.142. The first kappa shape index (κ1) is 20.5. The quantitative estimate of drug-likeness (QED) is 0.269. The Morgan fingerprint density at radius 3 is 2.78 bits per heavy atom. The SMILES string of the molecule is COC(=O)CCONC(=O)c1ccc(C#N)nc1Nc1ccc(I)cc1F. The number of carbonyl (C=O) groups is 2. The molecule has 0 spiro atoms. The minimum Gasteiger partial charge on any atom is -0.469 e. The molecule has 8 nitrogen and oxygen atoms in total. The van der Waals surface area contributed by atoms with Crippen LogP contribution in [0.15, 0.2) is 30.3 Å². The first-order valence-electron chi connectivity index (χ1n) is 7.56. The van der Waals surface area contributed by atoms with Crippen molar-refractivity contribution in [3.63, 3.8) is 0 Å². The van der Waals surface area contributed by atoms with Gasteiger partial charge in [-0.15, -0.1) is 0 Å². The Labute approximate surface area is 167 Å². The fourth-order valence-corrected chi connectivity index (χ4v) is 2.38. The normalized spacial score (nSPS) is 10.0. The number of benzene rings is 1. The van der Waals surface area contributed by atoms with Gasteiger partial charge in [-0.3, -0.25) is 14.4 Å². The first-order chi connectivity index (χ1) is 12.9. The summed E-state index contributed by atoms with van der Waals surface area (Å²) in [4.78, 5) is 32.2. The van der Waals surface area contributed by atoms with Gasteiger partial charge in [0.1, 0.15) is 23.4 Å². The summed E-state index contributed by atoms with van der Waals surface area (Å²) < 4.78 is 19.2. The summed E-state index contributed by atoms with van der Waals surface area (Å²) in [7, 11) is 1.24. The van der Waals surface area contributed by atoms with Crippen molar-refractivity contribution in [3.05, 3.63) is 51.0 Å². The van der Waals surface area contributed by atoms with Crippen molar-refractivity contribution in [1.29, 1.82) is 5.26 Å². The van der Waals surface area contributed by atoms with Gasteiger partial charge in [-0.25, -0.2) is 14.9 Å². The summed E-state index contributed by atoms with van der Waals surface area (Å²) in [6, 6.07) is 9.04. The number of hydroxylamine groups is 1. The van der Waals surface area contributed by atoms with Gasteiger partial charge >= 0.3 is 5.97 Å². The molecule has 27 heavy (non-hydrogen) atoms. The van der Waals surface area contributed by atoms with Crippen LogP contribution in [0, 0.1) is 20.7 Å². The average molecular weight is 484 g/mol. The zero-order valence-electron chi connectivity index (χ0n) is 14.1. The third kappa shape index (κ3) is 5.87. The number of aromatic nitrogens is 1. The molecule has 0 fully saturated rings. The topological polar surface area (TPSA) is 113 Å². The fraction of sp³-hybridized carbons (Fsp3) is 0.176. The molecule has 140 valence electrons. The number of hydrogen-bond acceptors (Lipinski definition) is 7. The molecule has 1 heterocycles. The van der Waals surface area contributed by atoms with E-state index in [1.54, 1.807) is 6.07 Å². The predicted molar refractivity (Wildman–Crippen MR) is 101 cm³/mol. The number of methoxy groups -OCH3 is 1. The van der Waals surface area contributed by atoms with E-state index in [4.69, 9.17) is 10.1 Å². The highest BCUT2D eigenvalue weighted by atomic mass is 127. The van der Waals surface area contributed by atoms with Gasteiger partial charge in [-0.05, 0) is 52.9 Å². The van der Waals surface area contributed by atoms with Crippen LogP contribution in [-0.4, -0.2) is 30.6 Å². The van der Waals surface area contributed by atoms with Crippen LogP contribution in [-0.2, 0) is 14.4 Å². The Balaban J connectivity index is 2.17. The van der Waals surface area contributed by atoms with Gasteiger partial charge in [-0.2, -0.15) is 5.26 Å². The lowest BCUT2D eigenvalue weighted by Crippen LogP contribution is -2.26. The second-order valence-electron chi connectivity index (χ2n) is 5.06. The molecule has 0 saturated heterocycles. The maximum Gasteiger partial charge on any atom is 0.307 e. The van der Waals surface area contributed by atoms with Gasteiger partial charge in [0.25, 0.3) is 5.91 Å². The highest BCUT2D eigenvalue weighted by Gasteiger charge is 2.16. The number of nitrogens with one attached hydrogen (secondary N) is 2. The zero-order valence-corrected chi connectivity index (χ0v) is 16.2. The number of carbonyl (C=O) groups excluding carboxylic acids is 2. The Kier molecular flexibility index (Phi) is 7.44. The number of anilines is 2. The largest absolute Gasteiger partial charge is 0.469 e. The number of nitrogens with zero attached hydrogens (tertiary/aromatic N) is 2. The summed E-state index contributed by atoms with van der Waals surface area (Å²) in [5.41, 5.74) is 2.34. The maximum atomic E-state index is 14.1. The average Bonchev–Trinajstić information content (AvgIpc) is 2.66. The van der Waals surface area contributed by atoms with E-state index in [-0.39, 0.29) is 35.8 Å². The van der Waals surface area contributed by atoms with Crippen LogP contribution in [0.4, 0.5) is 15.9 Å². The third-order valence-corrected chi connectivity index (χ3v) is 3.91. The van der Waals surface area contributed by atoms with Crippen LogP contribution >= 0.6 is 22.6 Å². The van der Waals surface area contributed by atoms with E-state index in [0.29, 0.717) is 3.57 Å². The number of pyridine rings is 1. The summed E-state index contributed by atoms with van der Waals surface area (Å²) in [6.45, 7) is -0.0867. The van der Waals surface area contributed by atoms with Gasteiger partial charge in [0.05, 0.1) is 31.4 Å². The molecule has 0 unspecified atom stereocenters. The predicted octanol–water partition coefficient (Wildman–Crippen LogP) is 2.67. The number of ether oxygens (including phenoxy) is 1. The molecule has 0 aliphatic carbocycles. The summed E-state index contributed by atoms with van der Waals surface area (Å²) >= 11 is 1.97. The van der Waals surface area contributed by atoms with Crippen molar-refractivity contribution in [2.75, 3.05) is 19.0 Å². The van der Waals surface area contributed by atoms with Gasteiger partial charge in [0.2, 0.25) is 0 Å². The fourth-order valence-electron chi connectivity index (χ4n) is 1.93. The second kappa shape index (κ2) is 9.79. The molecular formula is C17H14FIN4O4. The maximum absolute atomic E-state index is 14.1. The van der Waals surface area contributed by atoms with Crippen molar-refractivity contribution in [1.82, 2.24) is 10.5 Å². The van der Waals surface area contributed by atoms with Crippen LogP contribution in [0.5, 0.6) is 0 Å². The van der Waals surface area contributed by atoms with Crippen molar-refractivity contribution in [3.8, 4) is 6.07 Å². The highest BCUT2D eigenvalue weighted by molar-refractivity contribution is 14.1. The lowest BCUT2D eigenvalue weighted by atomic mass is 10.2. The Bertz CT molecular complexity index is 901. The standard InChI is InChI=1S/C17H14FIN4O4/c1-26-15(24)6-7-27-23-17(25)12-4-3-11(9-20)21-16(12)22-14-5-2-10(19)8-13(14)18/h2-5,8H,6-7H2,1H3,(H,21,22)(H,23,25). The molecule has 2 N–H and O–H groups in total. The van der Waals surface area contributed by atoms with Gasteiger partial charge in [0, 0.05) is 3.57 Å². The van der Waals surface area contributed by atoms with E-state index in [2.05, 4.69) is 20.5 Å². The van der Waals surface area contributed by atoms with E-state index in [9.17, 15) is 14.0 Å². The Morgan fingerprint density at radius 1 is 1.33 bits per heavy atom. The van der Waals surface area contributed by atoms with Crippen molar-refractivity contribution in [2.45, 2.75) is 6.42 Å². The molecule has 0 radical (unpaired) electrons. The molecule has 0 aliphatic rings. The third-order valence-electron chi connectivity index (χ3n) is 3.24. The molecule has 0 atom stereocenters. The monoisotopic (exact) mass is 484 g/mol. The van der Waals surface area contributed by atoms with Crippen LogP contribution < -0.4 is 10.8 Å². The smallest absolute Gasteiger partial charge is 0.307 e.